The summed E-state index contributed by atoms with van der Waals surface area (Å²) in [6.07, 6.45) is 3.33. The van der Waals surface area contributed by atoms with Crippen LogP contribution in [0, 0.1) is 0 Å². The lowest BCUT2D eigenvalue weighted by molar-refractivity contribution is -0.114. The lowest BCUT2D eigenvalue weighted by atomic mass is 10.2. The van der Waals surface area contributed by atoms with Gasteiger partial charge in [0.1, 0.15) is 0 Å². The quantitative estimate of drug-likeness (QED) is 0.816. The van der Waals surface area contributed by atoms with Crippen molar-refractivity contribution in [1.29, 1.82) is 0 Å². The third-order valence-corrected chi connectivity index (χ3v) is 6.50. The zero-order valence-corrected chi connectivity index (χ0v) is 13.4. The Kier molecular flexibility index (Phi) is 3.98. The number of carbonyl (C=O) groups excluding carboxylic acids is 1. The molecule has 1 unspecified atom stereocenters. The lowest BCUT2D eigenvalue weighted by Gasteiger charge is -2.21. The number of nitrogens with zero attached hydrogens (tertiary/aromatic N) is 3. The minimum absolute atomic E-state index is 0.102. The third kappa shape index (κ3) is 2.76. The summed E-state index contributed by atoms with van der Waals surface area (Å²) in [6, 6.07) is 3.51. The van der Waals surface area contributed by atoms with E-state index >= 15 is 0 Å². The van der Waals surface area contributed by atoms with Crippen LogP contribution in [0.15, 0.2) is 22.7 Å². The maximum absolute atomic E-state index is 12.7. The van der Waals surface area contributed by atoms with Crippen molar-refractivity contribution in [2.75, 3.05) is 11.9 Å². The Morgan fingerprint density at radius 3 is 3.00 bits per heavy atom. The standard InChI is InChI=1S/C12H15N5O3S2/c1-8(18)14-11-15-16-12(21-11)22(19,20)17-7-3-5-10(17)9-4-2-6-13-9/h2,4,6,10,13H,3,5,7H2,1H3,(H,14,15,18). The number of hydrogen-bond acceptors (Lipinski definition) is 6. The fourth-order valence-corrected chi connectivity index (χ4v) is 5.24. The van der Waals surface area contributed by atoms with Crippen LogP contribution in [0.25, 0.3) is 0 Å². The SMILES string of the molecule is CC(=O)Nc1nnc(S(=O)(=O)N2CCCC2c2ccc[nH]2)s1. The number of amides is 1. The minimum atomic E-state index is -3.72. The van der Waals surface area contributed by atoms with E-state index < -0.39 is 10.0 Å². The smallest absolute Gasteiger partial charge is 0.272 e. The van der Waals surface area contributed by atoms with Gasteiger partial charge in [0.2, 0.25) is 15.4 Å². The molecule has 8 nitrogen and oxygen atoms in total. The highest BCUT2D eigenvalue weighted by Crippen LogP contribution is 2.36. The van der Waals surface area contributed by atoms with Gasteiger partial charge in [-0.2, -0.15) is 4.31 Å². The molecule has 10 heteroatoms. The largest absolute Gasteiger partial charge is 0.364 e. The Hall–Kier alpha value is -1.78. The second-order valence-corrected chi connectivity index (χ2v) is 8.00. The number of aromatic nitrogens is 3. The number of sulfonamides is 1. The summed E-state index contributed by atoms with van der Waals surface area (Å²) in [4.78, 5) is 14.1. The monoisotopic (exact) mass is 341 g/mol. The van der Waals surface area contributed by atoms with Gasteiger partial charge in [0.05, 0.1) is 6.04 Å². The van der Waals surface area contributed by atoms with Gasteiger partial charge in [-0.1, -0.05) is 11.3 Å². The predicted octanol–water partition coefficient (Wildman–Crippen LogP) is 1.35. The normalized spacial score (nSPS) is 19.4. The summed E-state index contributed by atoms with van der Waals surface area (Å²) in [5, 5.41) is 10.0. The fraction of sp³-hybridized carbons (Fsp3) is 0.417. The van der Waals surface area contributed by atoms with Gasteiger partial charge in [0.15, 0.2) is 0 Å². The highest BCUT2D eigenvalue weighted by atomic mass is 32.2. The predicted molar refractivity (Wildman–Crippen MR) is 80.9 cm³/mol. The number of hydrogen-bond donors (Lipinski definition) is 2. The van der Waals surface area contributed by atoms with E-state index in [1.165, 1.54) is 11.2 Å². The highest BCUT2D eigenvalue weighted by molar-refractivity contribution is 7.91. The van der Waals surface area contributed by atoms with Gasteiger partial charge in [-0.15, -0.1) is 10.2 Å². The Labute approximate surface area is 131 Å². The van der Waals surface area contributed by atoms with E-state index in [9.17, 15) is 13.2 Å². The molecule has 2 N–H and O–H groups in total. The molecule has 22 heavy (non-hydrogen) atoms. The van der Waals surface area contributed by atoms with E-state index in [0.717, 1.165) is 29.9 Å². The van der Waals surface area contributed by atoms with Gasteiger partial charge >= 0.3 is 0 Å². The molecule has 118 valence electrons. The summed E-state index contributed by atoms with van der Waals surface area (Å²) >= 11 is 0.860. The van der Waals surface area contributed by atoms with Crippen molar-refractivity contribution in [3.8, 4) is 0 Å². The Balaban J connectivity index is 1.88. The van der Waals surface area contributed by atoms with Crippen molar-refractivity contribution in [3.05, 3.63) is 24.0 Å². The molecule has 2 aromatic heterocycles. The molecule has 1 saturated heterocycles. The van der Waals surface area contributed by atoms with Gasteiger partial charge < -0.3 is 10.3 Å². The average molecular weight is 341 g/mol. The summed E-state index contributed by atoms with van der Waals surface area (Å²) in [7, 11) is -3.72. The molecule has 1 aliphatic rings. The zero-order chi connectivity index (χ0) is 15.7. The molecule has 0 radical (unpaired) electrons. The van der Waals surface area contributed by atoms with E-state index in [4.69, 9.17) is 0 Å². The van der Waals surface area contributed by atoms with E-state index in [1.807, 2.05) is 12.1 Å². The first-order valence-electron chi connectivity index (χ1n) is 6.74. The summed E-state index contributed by atoms with van der Waals surface area (Å²) in [5.74, 6) is -0.314. The van der Waals surface area contributed by atoms with Crippen molar-refractivity contribution >= 4 is 32.4 Å². The molecule has 1 atom stereocenters. The van der Waals surface area contributed by atoms with Crippen LogP contribution >= 0.6 is 11.3 Å². The maximum atomic E-state index is 12.7. The van der Waals surface area contributed by atoms with Crippen LogP contribution in [0.2, 0.25) is 0 Å². The molecule has 0 saturated carbocycles. The topological polar surface area (TPSA) is 108 Å². The molecule has 1 amide bonds. The molecular formula is C12H15N5O3S2. The van der Waals surface area contributed by atoms with E-state index in [1.54, 1.807) is 6.20 Å². The lowest BCUT2D eigenvalue weighted by Crippen LogP contribution is -2.30. The van der Waals surface area contributed by atoms with Crippen molar-refractivity contribution in [2.24, 2.45) is 0 Å². The number of carbonyl (C=O) groups is 1. The Bertz CT molecular complexity index is 769. The van der Waals surface area contributed by atoms with Gasteiger partial charge in [0, 0.05) is 25.4 Å². The molecule has 0 spiro atoms. The van der Waals surface area contributed by atoms with Crippen LogP contribution in [0.3, 0.4) is 0 Å². The van der Waals surface area contributed by atoms with Crippen LogP contribution in [-0.2, 0) is 14.8 Å². The number of H-pyrrole nitrogens is 1. The molecule has 2 aromatic rings. The van der Waals surface area contributed by atoms with Crippen LogP contribution < -0.4 is 5.32 Å². The van der Waals surface area contributed by atoms with E-state index in [0.29, 0.717) is 6.54 Å². The number of rotatable bonds is 4. The second-order valence-electron chi connectivity index (χ2n) is 4.95. The molecule has 0 bridgehead atoms. The van der Waals surface area contributed by atoms with Gasteiger partial charge in [-0.3, -0.25) is 4.79 Å². The van der Waals surface area contributed by atoms with Crippen LogP contribution in [-0.4, -0.2) is 40.4 Å². The Morgan fingerprint density at radius 1 is 1.50 bits per heavy atom. The van der Waals surface area contributed by atoms with Crippen molar-refractivity contribution in [1.82, 2.24) is 19.5 Å². The van der Waals surface area contributed by atoms with Crippen molar-refractivity contribution in [2.45, 2.75) is 30.1 Å². The van der Waals surface area contributed by atoms with Crippen LogP contribution in [0.1, 0.15) is 31.5 Å². The first-order valence-corrected chi connectivity index (χ1v) is 9.00. The Morgan fingerprint density at radius 2 is 2.32 bits per heavy atom. The number of aromatic amines is 1. The molecule has 1 aliphatic heterocycles. The third-order valence-electron chi connectivity index (χ3n) is 3.40. The molecule has 0 aliphatic carbocycles. The summed E-state index contributed by atoms with van der Waals surface area (Å²) in [5.41, 5.74) is 0.868. The summed E-state index contributed by atoms with van der Waals surface area (Å²) < 4.78 is 26.8. The summed E-state index contributed by atoms with van der Waals surface area (Å²) in [6.45, 7) is 1.78. The van der Waals surface area contributed by atoms with Gasteiger partial charge in [-0.25, -0.2) is 8.42 Å². The van der Waals surface area contributed by atoms with Gasteiger partial charge in [0.25, 0.3) is 10.0 Å². The molecule has 3 heterocycles. The van der Waals surface area contributed by atoms with Crippen LogP contribution in [0.5, 0.6) is 0 Å². The first kappa shape index (κ1) is 15.1. The highest BCUT2D eigenvalue weighted by Gasteiger charge is 2.38. The fourth-order valence-electron chi connectivity index (χ4n) is 2.51. The van der Waals surface area contributed by atoms with Crippen molar-refractivity contribution < 1.29 is 13.2 Å². The molecule has 3 rings (SSSR count). The first-order chi connectivity index (χ1) is 10.5. The molecule has 1 fully saturated rings. The minimum Gasteiger partial charge on any atom is -0.364 e. The van der Waals surface area contributed by atoms with Crippen molar-refractivity contribution in [3.63, 3.8) is 0 Å². The number of nitrogens with one attached hydrogen (secondary N) is 2. The molecule has 0 aromatic carbocycles. The van der Waals surface area contributed by atoms with Gasteiger partial charge in [-0.05, 0) is 25.0 Å². The van der Waals surface area contributed by atoms with Crippen LogP contribution in [0.4, 0.5) is 5.13 Å². The zero-order valence-electron chi connectivity index (χ0n) is 11.8. The van der Waals surface area contributed by atoms with E-state index in [-0.39, 0.29) is 21.4 Å². The maximum Gasteiger partial charge on any atom is 0.272 e. The average Bonchev–Trinajstić information content (AvgIpc) is 3.19. The number of anilines is 1. The molecular weight excluding hydrogens is 326 g/mol. The van der Waals surface area contributed by atoms with E-state index in [2.05, 4.69) is 20.5 Å². The second kappa shape index (κ2) is 5.78.